The van der Waals surface area contributed by atoms with Gasteiger partial charge in [0.2, 0.25) is 11.7 Å². The van der Waals surface area contributed by atoms with Crippen LogP contribution in [0.2, 0.25) is 0 Å². The Labute approximate surface area is 133 Å². The fraction of sp³-hybridized carbons (Fsp3) is 0.400. The smallest absolute Gasteiger partial charge is 0.311 e. The summed E-state index contributed by atoms with van der Waals surface area (Å²) in [6.45, 7) is 1.70. The lowest BCUT2D eigenvalue weighted by Gasteiger charge is -2.08. The predicted octanol–water partition coefficient (Wildman–Crippen LogP) is 1.78. The molecular weight excluding hydrogens is 320 g/mol. The molecule has 0 N–H and O–H groups in total. The highest BCUT2D eigenvalue weighted by Crippen LogP contribution is 2.24. The summed E-state index contributed by atoms with van der Waals surface area (Å²) in [6, 6.07) is 6.74. The van der Waals surface area contributed by atoms with E-state index in [1.54, 1.807) is 31.2 Å². The van der Waals surface area contributed by atoms with Crippen LogP contribution in [0.1, 0.15) is 18.7 Å². The number of esters is 1. The van der Waals surface area contributed by atoms with Crippen molar-refractivity contribution in [2.75, 3.05) is 11.5 Å². The molecule has 2 heterocycles. The molecule has 1 saturated heterocycles. The van der Waals surface area contributed by atoms with Crippen LogP contribution in [0.25, 0.3) is 11.4 Å². The monoisotopic (exact) mass is 336 g/mol. The molecule has 1 atom stereocenters. The second-order valence-corrected chi connectivity index (χ2v) is 7.84. The van der Waals surface area contributed by atoms with Gasteiger partial charge in [-0.25, -0.2) is 8.42 Å². The van der Waals surface area contributed by atoms with Crippen molar-refractivity contribution < 1.29 is 22.5 Å². The van der Waals surface area contributed by atoms with E-state index in [0.29, 0.717) is 23.9 Å². The Morgan fingerprint density at radius 2 is 2.09 bits per heavy atom. The van der Waals surface area contributed by atoms with Gasteiger partial charge < -0.3 is 9.26 Å². The van der Waals surface area contributed by atoms with Gasteiger partial charge in [0.15, 0.2) is 9.84 Å². The molecule has 1 aliphatic rings. The molecule has 0 spiro atoms. The Morgan fingerprint density at radius 1 is 1.35 bits per heavy atom. The van der Waals surface area contributed by atoms with Crippen molar-refractivity contribution in [3.63, 3.8) is 0 Å². The lowest BCUT2D eigenvalue weighted by molar-refractivity contribution is -0.135. The molecule has 0 aliphatic carbocycles. The molecule has 1 fully saturated rings. The summed E-state index contributed by atoms with van der Waals surface area (Å²) in [4.78, 5) is 16.0. The first kappa shape index (κ1) is 15.7. The molecule has 0 radical (unpaired) electrons. The van der Waals surface area contributed by atoms with Gasteiger partial charge in [0.05, 0.1) is 11.5 Å². The maximum absolute atomic E-state index is 11.9. The molecule has 122 valence electrons. The first-order valence-corrected chi connectivity index (χ1v) is 9.05. The zero-order valence-corrected chi connectivity index (χ0v) is 13.4. The zero-order valence-electron chi connectivity index (χ0n) is 12.6. The van der Waals surface area contributed by atoms with E-state index in [0.717, 1.165) is 5.56 Å². The van der Waals surface area contributed by atoms with Crippen LogP contribution >= 0.6 is 0 Å². The number of nitrogens with zero attached hydrogens (tertiary/aromatic N) is 2. The molecule has 23 heavy (non-hydrogen) atoms. The number of rotatable bonds is 4. The van der Waals surface area contributed by atoms with Crippen LogP contribution in [0.4, 0.5) is 0 Å². The maximum Gasteiger partial charge on any atom is 0.311 e. The summed E-state index contributed by atoms with van der Waals surface area (Å²) in [5.41, 5.74) is 0.753. The Balaban J connectivity index is 1.59. The van der Waals surface area contributed by atoms with Crippen LogP contribution in [-0.2, 0) is 14.6 Å². The van der Waals surface area contributed by atoms with E-state index in [-0.39, 0.29) is 23.8 Å². The van der Waals surface area contributed by atoms with E-state index >= 15 is 0 Å². The molecule has 0 bridgehead atoms. The minimum Gasteiger partial charge on any atom is -0.427 e. The fourth-order valence-corrected chi connectivity index (χ4v) is 4.39. The zero-order chi connectivity index (χ0) is 16.4. The molecule has 1 aromatic heterocycles. The number of ether oxygens (including phenoxy) is 1. The molecule has 0 saturated carbocycles. The summed E-state index contributed by atoms with van der Waals surface area (Å²) in [7, 11) is -2.98. The van der Waals surface area contributed by atoms with Crippen LogP contribution in [0.3, 0.4) is 0 Å². The van der Waals surface area contributed by atoms with Gasteiger partial charge in [-0.1, -0.05) is 5.16 Å². The summed E-state index contributed by atoms with van der Waals surface area (Å²) >= 11 is 0. The van der Waals surface area contributed by atoms with Crippen LogP contribution in [0, 0.1) is 12.8 Å². The summed E-state index contributed by atoms with van der Waals surface area (Å²) in [5, 5.41) is 3.81. The van der Waals surface area contributed by atoms with Crippen LogP contribution < -0.4 is 4.74 Å². The van der Waals surface area contributed by atoms with Crippen molar-refractivity contribution in [2.24, 2.45) is 5.92 Å². The van der Waals surface area contributed by atoms with Gasteiger partial charge in [-0.3, -0.25) is 4.79 Å². The highest BCUT2D eigenvalue weighted by atomic mass is 32.2. The van der Waals surface area contributed by atoms with Crippen molar-refractivity contribution in [3.8, 4) is 17.1 Å². The number of hydrogen-bond donors (Lipinski definition) is 0. The Hall–Kier alpha value is -2.22. The normalized spacial score (nSPS) is 19.6. The summed E-state index contributed by atoms with van der Waals surface area (Å²) in [5.74, 6) is 1.00. The average molecular weight is 336 g/mol. The lowest BCUT2D eigenvalue weighted by atomic mass is 10.1. The first-order chi connectivity index (χ1) is 10.9. The van der Waals surface area contributed by atoms with Crippen LogP contribution in [0.15, 0.2) is 28.8 Å². The second kappa shape index (κ2) is 6.11. The standard InChI is InChI=1S/C15H16N2O5S/c1-10-16-15(17-22-10)12-2-4-13(5-3-12)21-14(18)8-11-6-7-23(19,20)9-11/h2-5,11H,6-9H2,1H3. The minimum absolute atomic E-state index is 0.0677. The van der Waals surface area contributed by atoms with Crippen LogP contribution in [0.5, 0.6) is 5.75 Å². The summed E-state index contributed by atoms with van der Waals surface area (Å²) in [6.07, 6.45) is 0.637. The number of benzene rings is 1. The minimum atomic E-state index is -2.98. The van der Waals surface area contributed by atoms with E-state index in [2.05, 4.69) is 10.1 Å². The third-order valence-corrected chi connectivity index (χ3v) is 5.49. The number of carbonyl (C=O) groups excluding carboxylic acids is 1. The van der Waals surface area contributed by atoms with Gasteiger partial charge in [0.25, 0.3) is 0 Å². The average Bonchev–Trinajstić information content (AvgIpc) is 3.05. The quantitative estimate of drug-likeness (QED) is 0.619. The van der Waals surface area contributed by atoms with Crippen molar-refractivity contribution in [1.82, 2.24) is 10.1 Å². The van der Waals surface area contributed by atoms with Gasteiger partial charge in [-0.05, 0) is 36.6 Å². The third-order valence-electron chi connectivity index (χ3n) is 3.65. The number of carbonyl (C=O) groups is 1. The molecule has 2 aromatic rings. The largest absolute Gasteiger partial charge is 0.427 e. The molecule has 1 unspecified atom stereocenters. The molecule has 3 rings (SSSR count). The molecule has 7 nitrogen and oxygen atoms in total. The third kappa shape index (κ3) is 3.95. The maximum atomic E-state index is 11.9. The van der Waals surface area contributed by atoms with E-state index in [9.17, 15) is 13.2 Å². The van der Waals surface area contributed by atoms with Crippen molar-refractivity contribution in [2.45, 2.75) is 19.8 Å². The Morgan fingerprint density at radius 3 is 2.65 bits per heavy atom. The molecule has 1 aliphatic heterocycles. The fourth-order valence-electron chi connectivity index (χ4n) is 2.53. The Bertz CT molecular complexity index is 811. The van der Waals surface area contributed by atoms with E-state index in [1.165, 1.54) is 0 Å². The number of aromatic nitrogens is 2. The van der Waals surface area contributed by atoms with Crippen LogP contribution in [-0.4, -0.2) is 36.0 Å². The highest BCUT2D eigenvalue weighted by Gasteiger charge is 2.29. The van der Waals surface area contributed by atoms with E-state index in [4.69, 9.17) is 9.26 Å². The molecule has 8 heteroatoms. The number of sulfone groups is 1. The van der Waals surface area contributed by atoms with E-state index in [1.807, 2.05) is 0 Å². The SMILES string of the molecule is Cc1nc(-c2ccc(OC(=O)CC3CCS(=O)(=O)C3)cc2)no1. The Kier molecular flexibility index (Phi) is 4.16. The van der Waals surface area contributed by atoms with E-state index < -0.39 is 15.8 Å². The van der Waals surface area contributed by atoms with Crippen molar-refractivity contribution in [1.29, 1.82) is 0 Å². The molecule has 1 aromatic carbocycles. The highest BCUT2D eigenvalue weighted by molar-refractivity contribution is 7.91. The van der Waals surface area contributed by atoms with Crippen molar-refractivity contribution in [3.05, 3.63) is 30.2 Å². The number of hydrogen-bond acceptors (Lipinski definition) is 7. The second-order valence-electron chi connectivity index (χ2n) is 5.61. The van der Waals surface area contributed by atoms with Gasteiger partial charge in [-0.2, -0.15) is 4.98 Å². The molecule has 0 amide bonds. The molecular formula is C15H16N2O5S. The van der Waals surface area contributed by atoms with Gasteiger partial charge in [0.1, 0.15) is 5.75 Å². The number of aryl methyl sites for hydroxylation is 1. The van der Waals surface area contributed by atoms with Crippen molar-refractivity contribution >= 4 is 15.8 Å². The lowest BCUT2D eigenvalue weighted by Crippen LogP contribution is -2.15. The predicted molar refractivity (Wildman–Crippen MR) is 81.5 cm³/mol. The van der Waals surface area contributed by atoms with Gasteiger partial charge in [0, 0.05) is 18.9 Å². The summed E-state index contributed by atoms with van der Waals surface area (Å²) < 4.78 is 32.9. The van der Waals surface area contributed by atoms with Gasteiger partial charge >= 0.3 is 5.97 Å². The topological polar surface area (TPSA) is 99.4 Å². The first-order valence-electron chi connectivity index (χ1n) is 7.23. The van der Waals surface area contributed by atoms with Gasteiger partial charge in [-0.15, -0.1) is 0 Å².